The highest BCUT2D eigenvalue weighted by molar-refractivity contribution is 5.94. The second kappa shape index (κ2) is 7.53. The van der Waals surface area contributed by atoms with Crippen LogP contribution in [0.3, 0.4) is 0 Å². The van der Waals surface area contributed by atoms with Gasteiger partial charge in [-0.1, -0.05) is 30.3 Å². The van der Waals surface area contributed by atoms with Gasteiger partial charge in [-0.2, -0.15) is 0 Å². The number of ether oxygens (including phenoxy) is 1. The first-order chi connectivity index (χ1) is 11.6. The summed E-state index contributed by atoms with van der Waals surface area (Å²) < 4.78 is 33.5. The molecule has 1 unspecified atom stereocenters. The molecule has 2 aromatic rings. The van der Waals surface area contributed by atoms with Crippen LogP contribution in [0.1, 0.15) is 28.8 Å². The Labute approximate surface area is 139 Å². The first-order valence-corrected chi connectivity index (χ1v) is 8.04. The number of amides is 1. The predicted octanol–water partition coefficient (Wildman–Crippen LogP) is 3.79. The smallest absolute Gasteiger partial charge is 0.257 e. The second-order valence-corrected chi connectivity index (χ2v) is 5.89. The van der Waals surface area contributed by atoms with E-state index in [9.17, 15) is 13.6 Å². The molecule has 126 valence electrons. The SMILES string of the molecule is O=C(c1ccccc1F)N(Cc1ccccc1F)CC1CCCO1. The van der Waals surface area contributed by atoms with Crippen molar-refractivity contribution < 1.29 is 18.3 Å². The second-order valence-electron chi connectivity index (χ2n) is 5.89. The summed E-state index contributed by atoms with van der Waals surface area (Å²) in [5, 5.41) is 0. The van der Waals surface area contributed by atoms with Crippen molar-refractivity contribution >= 4 is 5.91 Å². The number of halogens is 2. The van der Waals surface area contributed by atoms with E-state index in [4.69, 9.17) is 4.74 Å². The van der Waals surface area contributed by atoms with E-state index in [0.29, 0.717) is 18.7 Å². The van der Waals surface area contributed by atoms with Crippen LogP contribution >= 0.6 is 0 Å². The fourth-order valence-electron chi connectivity index (χ4n) is 2.89. The molecule has 2 aromatic carbocycles. The molecule has 1 fully saturated rings. The third kappa shape index (κ3) is 3.79. The van der Waals surface area contributed by atoms with Crippen molar-refractivity contribution in [3.8, 4) is 0 Å². The van der Waals surface area contributed by atoms with E-state index >= 15 is 0 Å². The molecule has 0 bridgehead atoms. The van der Waals surface area contributed by atoms with Gasteiger partial charge in [0.1, 0.15) is 11.6 Å². The standard InChI is InChI=1S/C19H19F2NO2/c20-17-9-3-1-6-14(17)12-22(13-15-7-5-11-24-15)19(23)16-8-2-4-10-18(16)21/h1-4,6,8-10,15H,5,7,11-13H2. The largest absolute Gasteiger partial charge is 0.376 e. The molecule has 0 N–H and O–H groups in total. The number of carbonyl (C=O) groups is 1. The molecule has 1 aliphatic rings. The van der Waals surface area contributed by atoms with E-state index in [1.54, 1.807) is 24.3 Å². The van der Waals surface area contributed by atoms with Gasteiger partial charge in [-0.15, -0.1) is 0 Å². The maximum absolute atomic E-state index is 14.0. The Morgan fingerprint density at radius 1 is 1.08 bits per heavy atom. The van der Waals surface area contributed by atoms with Gasteiger partial charge in [0.2, 0.25) is 0 Å². The molecule has 0 saturated carbocycles. The van der Waals surface area contributed by atoms with Crippen molar-refractivity contribution in [1.82, 2.24) is 4.90 Å². The lowest BCUT2D eigenvalue weighted by Crippen LogP contribution is -2.37. The highest BCUT2D eigenvalue weighted by atomic mass is 19.1. The number of rotatable bonds is 5. The van der Waals surface area contributed by atoms with Crippen LogP contribution in [0, 0.1) is 11.6 Å². The van der Waals surface area contributed by atoms with E-state index in [0.717, 1.165) is 12.8 Å². The zero-order chi connectivity index (χ0) is 16.9. The lowest BCUT2D eigenvalue weighted by Gasteiger charge is -2.26. The van der Waals surface area contributed by atoms with Gasteiger partial charge in [0.25, 0.3) is 5.91 Å². The highest BCUT2D eigenvalue weighted by Gasteiger charge is 2.25. The minimum Gasteiger partial charge on any atom is -0.376 e. The monoisotopic (exact) mass is 331 g/mol. The minimum atomic E-state index is -0.576. The molecule has 1 heterocycles. The van der Waals surface area contributed by atoms with Crippen LogP contribution < -0.4 is 0 Å². The lowest BCUT2D eigenvalue weighted by molar-refractivity contribution is 0.0501. The average Bonchev–Trinajstić information content (AvgIpc) is 3.09. The molecule has 0 aromatic heterocycles. The Bertz CT molecular complexity index is 714. The third-order valence-electron chi connectivity index (χ3n) is 4.16. The molecule has 1 aliphatic heterocycles. The third-order valence-corrected chi connectivity index (χ3v) is 4.16. The molecule has 24 heavy (non-hydrogen) atoms. The Morgan fingerprint density at radius 3 is 2.46 bits per heavy atom. The maximum Gasteiger partial charge on any atom is 0.257 e. The molecule has 1 amide bonds. The van der Waals surface area contributed by atoms with Crippen LogP contribution in [-0.4, -0.2) is 30.1 Å². The number of hydrogen-bond donors (Lipinski definition) is 0. The quantitative estimate of drug-likeness (QED) is 0.834. The summed E-state index contributed by atoms with van der Waals surface area (Å²) in [6.45, 7) is 1.06. The van der Waals surface area contributed by atoms with Crippen molar-refractivity contribution in [3.05, 3.63) is 71.3 Å². The first-order valence-electron chi connectivity index (χ1n) is 8.04. The number of carbonyl (C=O) groups excluding carboxylic acids is 1. The summed E-state index contributed by atoms with van der Waals surface area (Å²) in [6.07, 6.45) is 1.69. The number of hydrogen-bond acceptors (Lipinski definition) is 2. The van der Waals surface area contributed by atoms with Crippen LogP contribution in [0.5, 0.6) is 0 Å². The fourth-order valence-corrected chi connectivity index (χ4v) is 2.89. The van der Waals surface area contributed by atoms with Gasteiger partial charge < -0.3 is 9.64 Å². The Hall–Kier alpha value is -2.27. The van der Waals surface area contributed by atoms with Gasteiger partial charge in [-0.25, -0.2) is 8.78 Å². The van der Waals surface area contributed by atoms with Crippen molar-refractivity contribution in [2.45, 2.75) is 25.5 Å². The van der Waals surface area contributed by atoms with E-state index in [1.165, 1.54) is 29.2 Å². The maximum atomic E-state index is 14.0. The van der Waals surface area contributed by atoms with E-state index in [-0.39, 0.29) is 24.0 Å². The summed E-state index contributed by atoms with van der Waals surface area (Å²) in [5.41, 5.74) is 0.395. The molecule has 1 atom stereocenters. The van der Waals surface area contributed by atoms with E-state index in [2.05, 4.69) is 0 Å². The molecule has 0 aliphatic carbocycles. The van der Waals surface area contributed by atoms with Gasteiger partial charge in [0.15, 0.2) is 0 Å². The summed E-state index contributed by atoms with van der Waals surface area (Å²) in [4.78, 5) is 14.2. The van der Waals surface area contributed by atoms with Crippen molar-refractivity contribution in [3.63, 3.8) is 0 Å². The van der Waals surface area contributed by atoms with Gasteiger partial charge in [-0.3, -0.25) is 4.79 Å². The number of benzene rings is 2. The summed E-state index contributed by atoms with van der Waals surface area (Å²) in [5.74, 6) is -1.41. The van der Waals surface area contributed by atoms with Gasteiger partial charge in [-0.05, 0) is 31.0 Å². The normalized spacial score (nSPS) is 17.0. The van der Waals surface area contributed by atoms with Crippen LogP contribution in [-0.2, 0) is 11.3 Å². The first kappa shape index (κ1) is 16.6. The van der Waals surface area contributed by atoms with Crippen molar-refractivity contribution in [2.24, 2.45) is 0 Å². The van der Waals surface area contributed by atoms with Gasteiger partial charge in [0, 0.05) is 25.3 Å². The minimum absolute atomic E-state index is 0.00756. The summed E-state index contributed by atoms with van der Waals surface area (Å²) >= 11 is 0. The average molecular weight is 331 g/mol. The molecule has 0 spiro atoms. The molecule has 1 saturated heterocycles. The molecule has 0 radical (unpaired) electrons. The molecule has 3 nitrogen and oxygen atoms in total. The van der Waals surface area contributed by atoms with Crippen LogP contribution in [0.25, 0.3) is 0 Å². The van der Waals surface area contributed by atoms with E-state index < -0.39 is 11.7 Å². The summed E-state index contributed by atoms with van der Waals surface area (Å²) in [6, 6.07) is 12.1. The summed E-state index contributed by atoms with van der Waals surface area (Å²) in [7, 11) is 0. The Kier molecular flexibility index (Phi) is 5.20. The zero-order valence-corrected chi connectivity index (χ0v) is 13.3. The highest BCUT2D eigenvalue weighted by Crippen LogP contribution is 2.19. The zero-order valence-electron chi connectivity index (χ0n) is 13.3. The van der Waals surface area contributed by atoms with Crippen molar-refractivity contribution in [1.29, 1.82) is 0 Å². The van der Waals surface area contributed by atoms with Crippen LogP contribution in [0.4, 0.5) is 8.78 Å². The van der Waals surface area contributed by atoms with E-state index in [1.807, 2.05) is 0 Å². The molecule has 3 rings (SSSR count). The predicted molar refractivity (Wildman–Crippen MR) is 86.5 cm³/mol. The van der Waals surface area contributed by atoms with Gasteiger partial charge in [0.05, 0.1) is 11.7 Å². The molecular weight excluding hydrogens is 312 g/mol. The topological polar surface area (TPSA) is 29.5 Å². The fraction of sp³-hybridized carbons (Fsp3) is 0.316. The van der Waals surface area contributed by atoms with Crippen molar-refractivity contribution in [2.75, 3.05) is 13.2 Å². The lowest BCUT2D eigenvalue weighted by atomic mass is 10.1. The Morgan fingerprint density at radius 2 is 1.79 bits per heavy atom. The van der Waals surface area contributed by atoms with Crippen LogP contribution in [0.15, 0.2) is 48.5 Å². The van der Waals surface area contributed by atoms with Gasteiger partial charge >= 0.3 is 0 Å². The Balaban J connectivity index is 1.85. The molecule has 5 heteroatoms. The number of nitrogens with zero attached hydrogens (tertiary/aromatic N) is 1. The molecular formula is C19H19F2NO2. The van der Waals surface area contributed by atoms with Crippen LogP contribution in [0.2, 0.25) is 0 Å².